The lowest BCUT2D eigenvalue weighted by Crippen LogP contribution is -2.00. The van der Waals surface area contributed by atoms with E-state index in [9.17, 15) is 8.78 Å². The van der Waals surface area contributed by atoms with E-state index in [4.69, 9.17) is 5.26 Å². The van der Waals surface area contributed by atoms with Crippen LogP contribution in [-0.2, 0) is 0 Å². The van der Waals surface area contributed by atoms with E-state index in [0.29, 0.717) is 5.69 Å². The molecule has 0 saturated heterocycles. The predicted octanol–water partition coefficient (Wildman–Crippen LogP) is 4.81. The van der Waals surface area contributed by atoms with E-state index in [2.05, 4.69) is 5.10 Å². The lowest BCUT2D eigenvalue weighted by molar-refractivity contribution is 0.621. The van der Waals surface area contributed by atoms with E-state index in [1.165, 1.54) is 24.3 Å². The van der Waals surface area contributed by atoms with Gasteiger partial charge in [0.1, 0.15) is 17.7 Å². The predicted molar refractivity (Wildman–Crippen MR) is 93.0 cm³/mol. The topological polar surface area (TPSA) is 41.6 Å². The minimum Gasteiger partial charge on any atom is -0.237 e. The van der Waals surface area contributed by atoms with Crippen molar-refractivity contribution in [2.24, 2.45) is 0 Å². The summed E-state index contributed by atoms with van der Waals surface area (Å²) in [5, 5.41) is 13.3. The summed E-state index contributed by atoms with van der Waals surface area (Å²) in [7, 11) is 0. The maximum absolute atomic E-state index is 13.9. The highest BCUT2D eigenvalue weighted by Gasteiger charge is 2.12. The van der Waals surface area contributed by atoms with E-state index in [1.54, 1.807) is 29.0 Å². The Hall–Kier alpha value is -3.26. The molecule has 25 heavy (non-hydrogen) atoms. The lowest BCUT2D eigenvalue weighted by Gasteiger charge is -2.05. The molecule has 0 radical (unpaired) electrons. The highest BCUT2D eigenvalue weighted by Crippen LogP contribution is 2.22. The molecule has 0 saturated carbocycles. The van der Waals surface area contributed by atoms with E-state index >= 15 is 0 Å². The molecule has 0 aliphatic carbocycles. The van der Waals surface area contributed by atoms with Crippen LogP contribution >= 0.6 is 0 Å². The number of nitriles is 1. The molecule has 0 spiro atoms. The zero-order valence-corrected chi connectivity index (χ0v) is 13.8. The SMILES string of the molecule is Cc1nn(-c2ccc(C#N)c(F)c2)c(C)c1C=Cc1ccc(F)cc1. The van der Waals surface area contributed by atoms with Crippen LogP contribution in [0.3, 0.4) is 0 Å². The van der Waals surface area contributed by atoms with Crippen molar-refractivity contribution in [2.75, 3.05) is 0 Å². The van der Waals surface area contributed by atoms with Gasteiger partial charge in [-0.1, -0.05) is 24.3 Å². The summed E-state index contributed by atoms with van der Waals surface area (Å²) in [4.78, 5) is 0. The number of aromatic nitrogens is 2. The molecule has 3 nitrogen and oxygen atoms in total. The second-order valence-electron chi connectivity index (χ2n) is 5.66. The molecule has 0 amide bonds. The first-order valence-electron chi connectivity index (χ1n) is 7.69. The van der Waals surface area contributed by atoms with Crippen molar-refractivity contribution in [1.29, 1.82) is 5.26 Å². The number of hydrogen-bond acceptors (Lipinski definition) is 2. The van der Waals surface area contributed by atoms with Gasteiger partial charge in [-0.05, 0) is 43.7 Å². The molecule has 124 valence electrons. The Morgan fingerprint density at radius 2 is 1.76 bits per heavy atom. The van der Waals surface area contributed by atoms with Gasteiger partial charge < -0.3 is 0 Å². The molecule has 1 aromatic heterocycles. The third kappa shape index (κ3) is 3.33. The van der Waals surface area contributed by atoms with Gasteiger partial charge in [-0.3, -0.25) is 0 Å². The minimum atomic E-state index is -0.573. The summed E-state index contributed by atoms with van der Waals surface area (Å²) in [5.74, 6) is -0.851. The average molecular weight is 335 g/mol. The Bertz CT molecular complexity index is 993. The summed E-state index contributed by atoms with van der Waals surface area (Å²) < 4.78 is 28.5. The highest BCUT2D eigenvalue weighted by atomic mass is 19.1. The first-order valence-corrected chi connectivity index (χ1v) is 7.69. The first kappa shape index (κ1) is 16.6. The smallest absolute Gasteiger partial charge is 0.143 e. The fourth-order valence-electron chi connectivity index (χ4n) is 2.63. The van der Waals surface area contributed by atoms with Crippen molar-refractivity contribution < 1.29 is 8.78 Å². The van der Waals surface area contributed by atoms with Gasteiger partial charge >= 0.3 is 0 Å². The fraction of sp³-hybridized carbons (Fsp3) is 0.100. The van der Waals surface area contributed by atoms with Crippen molar-refractivity contribution in [3.63, 3.8) is 0 Å². The quantitative estimate of drug-likeness (QED) is 0.689. The molecule has 0 aliphatic rings. The van der Waals surface area contributed by atoms with Crippen LogP contribution in [0.4, 0.5) is 8.78 Å². The number of nitrogens with zero attached hydrogens (tertiary/aromatic N) is 3. The van der Waals surface area contributed by atoms with Crippen molar-refractivity contribution in [3.8, 4) is 11.8 Å². The van der Waals surface area contributed by atoms with Gasteiger partial charge in [0, 0.05) is 17.3 Å². The van der Waals surface area contributed by atoms with Crippen molar-refractivity contribution in [3.05, 3.63) is 82.2 Å². The zero-order valence-electron chi connectivity index (χ0n) is 13.8. The van der Waals surface area contributed by atoms with Crippen molar-refractivity contribution >= 4 is 12.2 Å². The molecule has 3 rings (SSSR count). The summed E-state index contributed by atoms with van der Waals surface area (Å²) in [6.07, 6.45) is 3.78. The molecule has 2 aromatic carbocycles. The Kier molecular flexibility index (Phi) is 4.44. The lowest BCUT2D eigenvalue weighted by atomic mass is 10.1. The van der Waals surface area contributed by atoms with E-state index < -0.39 is 5.82 Å². The van der Waals surface area contributed by atoms with E-state index in [0.717, 1.165) is 22.5 Å². The highest BCUT2D eigenvalue weighted by molar-refractivity contribution is 5.72. The maximum atomic E-state index is 13.9. The Morgan fingerprint density at radius 1 is 1.04 bits per heavy atom. The van der Waals surface area contributed by atoms with Gasteiger partial charge in [0.2, 0.25) is 0 Å². The normalized spacial score (nSPS) is 11.0. The minimum absolute atomic E-state index is 0.00158. The van der Waals surface area contributed by atoms with E-state index in [-0.39, 0.29) is 11.4 Å². The van der Waals surface area contributed by atoms with Gasteiger partial charge in [-0.15, -0.1) is 0 Å². The number of aryl methyl sites for hydroxylation is 1. The third-order valence-corrected chi connectivity index (χ3v) is 3.98. The van der Waals surface area contributed by atoms with Gasteiger partial charge in [0.25, 0.3) is 0 Å². The third-order valence-electron chi connectivity index (χ3n) is 3.98. The molecule has 0 aliphatic heterocycles. The number of hydrogen-bond donors (Lipinski definition) is 0. The Balaban J connectivity index is 1.97. The molecule has 0 unspecified atom stereocenters. The molecule has 1 heterocycles. The second-order valence-corrected chi connectivity index (χ2v) is 5.66. The molecule has 3 aromatic rings. The van der Waals surface area contributed by atoms with Crippen molar-refractivity contribution in [2.45, 2.75) is 13.8 Å². The molecule has 0 N–H and O–H groups in total. The largest absolute Gasteiger partial charge is 0.237 e. The van der Waals surface area contributed by atoms with Crippen LogP contribution < -0.4 is 0 Å². The van der Waals surface area contributed by atoms with Gasteiger partial charge in [-0.2, -0.15) is 10.4 Å². The van der Waals surface area contributed by atoms with Crippen LogP contribution in [-0.4, -0.2) is 9.78 Å². The number of halogens is 2. The van der Waals surface area contributed by atoms with E-state index in [1.807, 2.05) is 26.0 Å². The summed E-state index contributed by atoms with van der Waals surface area (Å²) in [5.41, 5.74) is 3.98. The van der Waals surface area contributed by atoms with Crippen molar-refractivity contribution in [1.82, 2.24) is 9.78 Å². The van der Waals surface area contributed by atoms with Crippen LogP contribution in [0.5, 0.6) is 0 Å². The monoisotopic (exact) mass is 335 g/mol. The molecule has 0 fully saturated rings. The van der Waals surface area contributed by atoms with Crippen LogP contribution in [0.15, 0.2) is 42.5 Å². The van der Waals surface area contributed by atoms with Gasteiger partial charge in [0.05, 0.1) is 16.9 Å². The number of benzene rings is 2. The fourth-order valence-corrected chi connectivity index (χ4v) is 2.63. The Morgan fingerprint density at radius 3 is 2.40 bits per heavy atom. The van der Waals surface area contributed by atoms with Crippen LogP contribution in [0.25, 0.3) is 17.8 Å². The standard InChI is InChI=1S/C20H15F2N3/c1-13-19(10-5-15-3-7-17(21)8-4-15)14(2)25(24-13)18-9-6-16(12-23)20(22)11-18/h3-11H,1-2H3. The summed E-state index contributed by atoms with van der Waals surface area (Å²) in [6, 6.07) is 12.4. The van der Waals surface area contributed by atoms with Crippen LogP contribution in [0.2, 0.25) is 0 Å². The average Bonchev–Trinajstić information content (AvgIpc) is 2.89. The van der Waals surface area contributed by atoms with Crippen LogP contribution in [0.1, 0.15) is 28.1 Å². The summed E-state index contributed by atoms with van der Waals surface area (Å²) >= 11 is 0. The molecular formula is C20H15F2N3. The maximum Gasteiger partial charge on any atom is 0.143 e. The van der Waals surface area contributed by atoms with Gasteiger partial charge in [-0.25, -0.2) is 13.5 Å². The van der Waals surface area contributed by atoms with Gasteiger partial charge in [0.15, 0.2) is 0 Å². The molecule has 0 atom stereocenters. The first-order chi connectivity index (χ1) is 12.0. The Labute approximate surface area is 144 Å². The second kappa shape index (κ2) is 6.70. The molecule has 5 heteroatoms. The molecular weight excluding hydrogens is 320 g/mol. The number of rotatable bonds is 3. The molecule has 0 bridgehead atoms. The zero-order chi connectivity index (χ0) is 18.0. The summed E-state index contributed by atoms with van der Waals surface area (Å²) in [6.45, 7) is 3.76. The van der Waals surface area contributed by atoms with Crippen LogP contribution in [0, 0.1) is 36.8 Å².